The number of carbonyl (C=O) groups is 1. The van der Waals surface area contributed by atoms with Crippen LogP contribution in [0.25, 0.3) is 0 Å². The summed E-state index contributed by atoms with van der Waals surface area (Å²) >= 11 is 0. The number of ether oxygens (including phenoxy) is 3. The van der Waals surface area contributed by atoms with Gasteiger partial charge in [0.05, 0.1) is 21.3 Å². The molecule has 0 aliphatic heterocycles. The number of benzene rings is 2. The van der Waals surface area contributed by atoms with Crippen LogP contribution in [0.1, 0.15) is 15.9 Å². The molecule has 0 aromatic heterocycles. The topological polar surface area (TPSA) is 65.0 Å². The van der Waals surface area contributed by atoms with Gasteiger partial charge in [-0.1, -0.05) is 0 Å². The van der Waals surface area contributed by atoms with E-state index in [0.717, 1.165) is 0 Å². The van der Waals surface area contributed by atoms with Gasteiger partial charge in [0.2, 0.25) is 0 Å². The van der Waals surface area contributed by atoms with Gasteiger partial charge in [-0.3, -0.25) is 4.79 Å². The van der Waals surface area contributed by atoms with E-state index in [-0.39, 0.29) is 11.5 Å². The Hall–Kier alpha value is -2.69. The van der Waals surface area contributed by atoms with Crippen molar-refractivity contribution < 1.29 is 24.1 Å². The molecule has 0 atom stereocenters. The summed E-state index contributed by atoms with van der Waals surface area (Å²) in [6, 6.07) is 9.42. The van der Waals surface area contributed by atoms with Gasteiger partial charge >= 0.3 is 0 Å². The second-order valence-electron chi connectivity index (χ2n) is 4.29. The van der Waals surface area contributed by atoms with E-state index in [0.29, 0.717) is 28.4 Å². The van der Waals surface area contributed by atoms with Gasteiger partial charge in [0, 0.05) is 11.1 Å². The minimum absolute atomic E-state index is 0.0798. The summed E-state index contributed by atoms with van der Waals surface area (Å²) < 4.78 is 15.3. The molecule has 5 heteroatoms. The lowest BCUT2D eigenvalue weighted by Gasteiger charge is -2.10. The fraction of sp³-hybridized carbons (Fsp3) is 0.188. The van der Waals surface area contributed by atoms with Gasteiger partial charge in [-0.2, -0.15) is 0 Å². The van der Waals surface area contributed by atoms with Crippen molar-refractivity contribution in [3.63, 3.8) is 0 Å². The quantitative estimate of drug-likeness (QED) is 0.857. The summed E-state index contributed by atoms with van der Waals surface area (Å²) in [5, 5.41) is 9.75. The molecule has 2 aromatic rings. The van der Waals surface area contributed by atoms with Gasteiger partial charge in [-0.25, -0.2) is 0 Å². The number of hydrogen-bond donors (Lipinski definition) is 1. The van der Waals surface area contributed by atoms with Crippen molar-refractivity contribution >= 4 is 5.78 Å². The lowest BCUT2D eigenvalue weighted by Crippen LogP contribution is -2.02. The molecular weight excluding hydrogens is 272 g/mol. The molecule has 2 aromatic carbocycles. The Kier molecular flexibility index (Phi) is 4.33. The van der Waals surface area contributed by atoms with Crippen LogP contribution in [-0.4, -0.2) is 32.2 Å². The fourth-order valence-electron chi connectivity index (χ4n) is 1.98. The third-order valence-corrected chi connectivity index (χ3v) is 3.09. The van der Waals surface area contributed by atoms with Crippen LogP contribution in [0.4, 0.5) is 0 Å². The Morgan fingerprint density at radius 3 is 1.86 bits per heavy atom. The Morgan fingerprint density at radius 1 is 0.810 bits per heavy atom. The highest BCUT2D eigenvalue weighted by Crippen LogP contribution is 2.30. The maximum Gasteiger partial charge on any atom is 0.193 e. The first-order chi connectivity index (χ1) is 10.1. The van der Waals surface area contributed by atoms with Crippen molar-refractivity contribution in [2.75, 3.05) is 21.3 Å². The summed E-state index contributed by atoms with van der Waals surface area (Å²) in [7, 11) is 4.48. The third-order valence-electron chi connectivity index (χ3n) is 3.09. The predicted octanol–water partition coefficient (Wildman–Crippen LogP) is 2.65. The van der Waals surface area contributed by atoms with Crippen LogP contribution in [0, 0.1) is 0 Å². The highest BCUT2D eigenvalue weighted by molar-refractivity contribution is 6.09. The molecule has 21 heavy (non-hydrogen) atoms. The molecule has 0 bridgehead atoms. The Morgan fingerprint density at radius 2 is 1.33 bits per heavy atom. The molecule has 5 nitrogen and oxygen atoms in total. The smallest absolute Gasteiger partial charge is 0.193 e. The van der Waals surface area contributed by atoms with E-state index in [9.17, 15) is 9.90 Å². The van der Waals surface area contributed by atoms with E-state index in [2.05, 4.69) is 0 Å². The lowest BCUT2D eigenvalue weighted by molar-refractivity contribution is 0.103. The van der Waals surface area contributed by atoms with Gasteiger partial charge in [0.1, 0.15) is 0 Å². The van der Waals surface area contributed by atoms with Crippen LogP contribution in [0.15, 0.2) is 36.4 Å². The van der Waals surface area contributed by atoms with Gasteiger partial charge in [-0.05, 0) is 36.4 Å². The van der Waals surface area contributed by atoms with E-state index in [4.69, 9.17) is 14.2 Å². The second-order valence-corrected chi connectivity index (χ2v) is 4.29. The number of phenolic OH excluding ortho intramolecular Hbond substituents is 1. The molecular formula is C16H16O5. The summed E-state index contributed by atoms with van der Waals surface area (Å²) in [4.78, 5) is 12.4. The molecule has 110 valence electrons. The summed E-state index contributed by atoms with van der Waals surface area (Å²) in [5.74, 6) is 1.03. The number of methoxy groups -OCH3 is 3. The Balaban J connectivity index is 2.38. The van der Waals surface area contributed by atoms with Crippen molar-refractivity contribution in [2.24, 2.45) is 0 Å². The van der Waals surface area contributed by atoms with E-state index < -0.39 is 0 Å². The predicted molar refractivity (Wildman–Crippen MR) is 77.6 cm³/mol. The molecule has 1 N–H and O–H groups in total. The molecule has 0 fully saturated rings. The number of aromatic hydroxyl groups is 1. The zero-order chi connectivity index (χ0) is 15.4. The SMILES string of the molecule is COc1ccc(C(=O)c2ccc(OC)c(OC)c2)cc1O. The molecule has 0 unspecified atom stereocenters. The van der Waals surface area contributed by atoms with Gasteiger partial charge in [0.15, 0.2) is 28.8 Å². The fourth-order valence-corrected chi connectivity index (χ4v) is 1.98. The van der Waals surface area contributed by atoms with E-state index >= 15 is 0 Å². The average Bonchev–Trinajstić information content (AvgIpc) is 2.53. The van der Waals surface area contributed by atoms with Crippen molar-refractivity contribution in [3.8, 4) is 23.0 Å². The normalized spacial score (nSPS) is 10.0. The van der Waals surface area contributed by atoms with Crippen LogP contribution in [0.2, 0.25) is 0 Å². The number of hydrogen-bond acceptors (Lipinski definition) is 5. The monoisotopic (exact) mass is 288 g/mol. The Labute approximate surface area is 122 Å². The van der Waals surface area contributed by atoms with Crippen molar-refractivity contribution in [3.05, 3.63) is 47.5 Å². The molecule has 0 heterocycles. The van der Waals surface area contributed by atoms with Gasteiger partial charge in [-0.15, -0.1) is 0 Å². The van der Waals surface area contributed by atoms with Gasteiger partial charge in [0.25, 0.3) is 0 Å². The summed E-state index contributed by atoms with van der Waals surface area (Å²) in [6.07, 6.45) is 0. The first-order valence-corrected chi connectivity index (χ1v) is 6.24. The highest BCUT2D eigenvalue weighted by atomic mass is 16.5. The van der Waals surface area contributed by atoms with Crippen LogP contribution in [0.3, 0.4) is 0 Å². The molecule has 0 spiro atoms. The largest absolute Gasteiger partial charge is 0.504 e. The molecule has 0 amide bonds. The van der Waals surface area contributed by atoms with Crippen molar-refractivity contribution in [2.45, 2.75) is 0 Å². The number of ketones is 1. The van der Waals surface area contributed by atoms with E-state index in [1.807, 2.05) is 0 Å². The van der Waals surface area contributed by atoms with E-state index in [1.54, 1.807) is 30.3 Å². The second kappa shape index (κ2) is 6.17. The number of rotatable bonds is 5. The zero-order valence-electron chi connectivity index (χ0n) is 12.0. The minimum atomic E-state index is -0.228. The minimum Gasteiger partial charge on any atom is -0.504 e. The maximum atomic E-state index is 12.4. The third kappa shape index (κ3) is 2.91. The summed E-state index contributed by atoms with van der Waals surface area (Å²) in [6.45, 7) is 0. The molecule has 2 rings (SSSR count). The average molecular weight is 288 g/mol. The standard InChI is InChI=1S/C16H16O5/c1-19-13-6-4-10(8-12(13)17)16(18)11-5-7-14(20-2)15(9-11)21-3/h4-9,17H,1-3H3. The van der Waals surface area contributed by atoms with E-state index in [1.165, 1.54) is 27.4 Å². The molecule has 0 saturated carbocycles. The van der Waals surface area contributed by atoms with Crippen LogP contribution < -0.4 is 14.2 Å². The number of phenols is 1. The molecule has 0 aliphatic rings. The molecule has 0 radical (unpaired) electrons. The lowest BCUT2D eigenvalue weighted by atomic mass is 10.0. The zero-order valence-corrected chi connectivity index (χ0v) is 12.0. The van der Waals surface area contributed by atoms with Crippen LogP contribution in [0.5, 0.6) is 23.0 Å². The molecule has 0 saturated heterocycles. The van der Waals surface area contributed by atoms with Crippen LogP contribution in [-0.2, 0) is 0 Å². The van der Waals surface area contributed by atoms with Crippen molar-refractivity contribution in [1.29, 1.82) is 0 Å². The first-order valence-electron chi connectivity index (χ1n) is 6.24. The maximum absolute atomic E-state index is 12.4. The molecule has 0 aliphatic carbocycles. The van der Waals surface area contributed by atoms with Crippen LogP contribution >= 0.6 is 0 Å². The van der Waals surface area contributed by atoms with Gasteiger partial charge < -0.3 is 19.3 Å². The Bertz CT molecular complexity index is 664. The number of carbonyl (C=O) groups excluding carboxylic acids is 1. The van der Waals surface area contributed by atoms with Crippen molar-refractivity contribution in [1.82, 2.24) is 0 Å². The first kappa shape index (κ1) is 14.7. The highest BCUT2D eigenvalue weighted by Gasteiger charge is 2.14. The summed E-state index contributed by atoms with van der Waals surface area (Å²) in [5.41, 5.74) is 0.803.